The van der Waals surface area contributed by atoms with Gasteiger partial charge in [0.2, 0.25) is 10.0 Å². The third kappa shape index (κ3) is 4.65. The van der Waals surface area contributed by atoms with Gasteiger partial charge in [-0.05, 0) is 41.2 Å². The van der Waals surface area contributed by atoms with Crippen LogP contribution in [0.2, 0.25) is 0 Å². The van der Waals surface area contributed by atoms with Gasteiger partial charge in [-0.15, -0.1) is 0 Å². The van der Waals surface area contributed by atoms with Crippen LogP contribution in [0.25, 0.3) is 0 Å². The summed E-state index contributed by atoms with van der Waals surface area (Å²) in [6.45, 7) is 5.14. The van der Waals surface area contributed by atoms with E-state index >= 15 is 0 Å². The fraction of sp³-hybridized carbons (Fsp3) is 0.538. The number of halogens is 1. The van der Waals surface area contributed by atoms with Gasteiger partial charge < -0.3 is 10.6 Å². The summed E-state index contributed by atoms with van der Waals surface area (Å²) in [6.07, 6.45) is 0. The van der Waals surface area contributed by atoms with E-state index in [4.69, 9.17) is 5.73 Å². The molecule has 0 radical (unpaired) electrons. The van der Waals surface area contributed by atoms with Crippen LogP contribution in [0.3, 0.4) is 0 Å². The van der Waals surface area contributed by atoms with Crippen molar-refractivity contribution in [2.75, 3.05) is 52.0 Å². The maximum absolute atomic E-state index is 12.2. The molecule has 8 heteroatoms. The Morgan fingerprint density at radius 2 is 1.95 bits per heavy atom. The van der Waals surface area contributed by atoms with Gasteiger partial charge in [-0.25, -0.2) is 13.1 Å². The van der Waals surface area contributed by atoms with Gasteiger partial charge in [-0.1, -0.05) is 0 Å². The van der Waals surface area contributed by atoms with Crippen LogP contribution in [0.15, 0.2) is 27.6 Å². The van der Waals surface area contributed by atoms with Crippen molar-refractivity contribution in [3.8, 4) is 0 Å². The molecule has 3 N–H and O–H groups in total. The van der Waals surface area contributed by atoms with E-state index in [1.807, 2.05) is 0 Å². The summed E-state index contributed by atoms with van der Waals surface area (Å²) in [5.74, 6) is 0. The van der Waals surface area contributed by atoms with Crippen LogP contribution >= 0.6 is 15.9 Å². The number of nitrogens with zero attached hydrogens (tertiary/aromatic N) is 2. The zero-order valence-electron chi connectivity index (χ0n) is 12.0. The number of rotatable bonds is 5. The fourth-order valence-corrected chi connectivity index (χ4v) is 3.75. The Hall–Kier alpha value is -0.670. The molecule has 1 heterocycles. The van der Waals surface area contributed by atoms with Gasteiger partial charge in [0.15, 0.2) is 0 Å². The maximum atomic E-state index is 12.2. The van der Waals surface area contributed by atoms with Crippen LogP contribution in [-0.4, -0.2) is 64.5 Å². The van der Waals surface area contributed by atoms with Gasteiger partial charge in [-0.3, -0.25) is 4.90 Å². The van der Waals surface area contributed by atoms with E-state index in [0.29, 0.717) is 16.7 Å². The van der Waals surface area contributed by atoms with E-state index < -0.39 is 10.0 Å². The second kappa shape index (κ2) is 7.06. The number of hydrogen-bond acceptors (Lipinski definition) is 5. The Balaban J connectivity index is 1.88. The molecule has 1 saturated heterocycles. The maximum Gasteiger partial charge on any atom is 0.240 e. The number of sulfonamides is 1. The Kier molecular flexibility index (Phi) is 5.61. The molecule has 0 bridgehead atoms. The van der Waals surface area contributed by atoms with Crippen molar-refractivity contribution < 1.29 is 8.42 Å². The molecular formula is C13H21BrN4O2S. The van der Waals surface area contributed by atoms with Crippen molar-refractivity contribution in [1.82, 2.24) is 14.5 Å². The highest BCUT2D eigenvalue weighted by molar-refractivity contribution is 9.10. The molecule has 21 heavy (non-hydrogen) atoms. The standard InChI is InChI=1S/C13H21BrN4O2S/c1-17-6-8-18(9-7-17)5-4-16-21(19,20)11-2-3-13(15)12(14)10-11/h2-3,10,16H,4-9,15H2,1H3. The molecule has 118 valence electrons. The number of benzene rings is 1. The van der Waals surface area contributed by atoms with Gasteiger partial charge in [-0.2, -0.15) is 0 Å². The molecule has 2 rings (SSSR count). The van der Waals surface area contributed by atoms with E-state index in [-0.39, 0.29) is 4.90 Å². The Labute approximate surface area is 134 Å². The third-order valence-corrected chi connectivity index (χ3v) is 5.74. The lowest BCUT2D eigenvalue weighted by atomic mass is 10.3. The van der Waals surface area contributed by atoms with Crippen LogP contribution in [0.5, 0.6) is 0 Å². The molecule has 1 fully saturated rings. The SMILES string of the molecule is CN1CCN(CCNS(=O)(=O)c2ccc(N)c(Br)c2)CC1. The second-order valence-electron chi connectivity index (χ2n) is 5.23. The van der Waals surface area contributed by atoms with Crippen LogP contribution < -0.4 is 10.5 Å². The molecule has 0 unspecified atom stereocenters. The van der Waals surface area contributed by atoms with Crippen molar-refractivity contribution >= 4 is 31.6 Å². The highest BCUT2D eigenvalue weighted by atomic mass is 79.9. The Bertz CT molecular complexity index is 586. The molecule has 1 aliphatic heterocycles. The largest absolute Gasteiger partial charge is 0.398 e. The van der Waals surface area contributed by atoms with E-state index in [1.54, 1.807) is 6.07 Å². The van der Waals surface area contributed by atoms with Crippen LogP contribution in [-0.2, 0) is 10.0 Å². The Morgan fingerprint density at radius 1 is 1.29 bits per heavy atom. The minimum atomic E-state index is -3.48. The van der Waals surface area contributed by atoms with Gasteiger partial charge in [0.05, 0.1) is 4.90 Å². The van der Waals surface area contributed by atoms with Gasteiger partial charge in [0.1, 0.15) is 0 Å². The molecule has 0 spiro atoms. The molecule has 6 nitrogen and oxygen atoms in total. The summed E-state index contributed by atoms with van der Waals surface area (Å²) < 4.78 is 27.6. The minimum Gasteiger partial charge on any atom is -0.398 e. The summed E-state index contributed by atoms with van der Waals surface area (Å²) in [6, 6.07) is 4.62. The first-order valence-electron chi connectivity index (χ1n) is 6.84. The lowest BCUT2D eigenvalue weighted by molar-refractivity contribution is 0.156. The molecule has 0 aliphatic carbocycles. The number of likely N-dealkylation sites (N-methyl/N-ethyl adjacent to an activating group) is 1. The first-order chi connectivity index (χ1) is 9.88. The Morgan fingerprint density at radius 3 is 2.57 bits per heavy atom. The highest BCUT2D eigenvalue weighted by Gasteiger charge is 2.17. The predicted molar refractivity (Wildman–Crippen MR) is 87.7 cm³/mol. The molecule has 1 aromatic rings. The van der Waals surface area contributed by atoms with Crippen molar-refractivity contribution in [3.05, 3.63) is 22.7 Å². The molecule has 0 aromatic heterocycles. The van der Waals surface area contributed by atoms with E-state index in [2.05, 4.69) is 37.5 Å². The number of hydrogen-bond donors (Lipinski definition) is 2. The van der Waals surface area contributed by atoms with Crippen LogP contribution in [0, 0.1) is 0 Å². The molecule has 0 saturated carbocycles. The van der Waals surface area contributed by atoms with Crippen molar-refractivity contribution in [3.63, 3.8) is 0 Å². The average molecular weight is 377 g/mol. The summed E-state index contributed by atoms with van der Waals surface area (Å²) >= 11 is 3.24. The quantitative estimate of drug-likeness (QED) is 0.733. The smallest absolute Gasteiger partial charge is 0.240 e. The van der Waals surface area contributed by atoms with Gasteiger partial charge >= 0.3 is 0 Å². The molecule has 0 amide bonds. The number of nitrogens with one attached hydrogen (secondary N) is 1. The van der Waals surface area contributed by atoms with E-state index in [9.17, 15) is 8.42 Å². The van der Waals surface area contributed by atoms with Crippen molar-refractivity contribution in [1.29, 1.82) is 0 Å². The lowest BCUT2D eigenvalue weighted by Gasteiger charge is -2.32. The highest BCUT2D eigenvalue weighted by Crippen LogP contribution is 2.22. The van der Waals surface area contributed by atoms with Gasteiger partial charge in [0.25, 0.3) is 0 Å². The normalized spacial score (nSPS) is 18.0. The fourth-order valence-electron chi connectivity index (χ4n) is 2.17. The first-order valence-corrected chi connectivity index (χ1v) is 9.12. The van der Waals surface area contributed by atoms with Crippen LogP contribution in [0.4, 0.5) is 5.69 Å². The number of piperazine rings is 1. The van der Waals surface area contributed by atoms with Crippen LogP contribution in [0.1, 0.15) is 0 Å². The number of nitrogens with two attached hydrogens (primary N) is 1. The lowest BCUT2D eigenvalue weighted by Crippen LogP contribution is -2.46. The minimum absolute atomic E-state index is 0.224. The summed E-state index contributed by atoms with van der Waals surface area (Å²) in [5.41, 5.74) is 6.19. The van der Waals surface area contributed by atoms with Gasteiger partial charge in [0, 0.05) is 49.4 Å². The van der Waals surface area contributed by atoms with Crippen molar-refractivity contribution in [2.45, 2.75) is 4.90 Å². The number of anilines is 1. The molecular weight excluding hydrogens is 356 g/mol. The van der Waals surface area contributed by atoms with E-state index in [1.165, 1.54) is 12.1 Å². The van der Waals surface area contributed by atoms with Crippen molar-refractivity contribution in [2.24, 2.45) is 0 Å². The predicted octanol–water partition coefficient (Wildman–Crippen LogP) is 0.557. The van der Waals surface area contributed by atoms with E-state index in [0.717, 1.165) is 32.7 Å². The molecule has 1 aromatic carbocycles. The topological polar surface area (TPSA) is 78.7 Å². The first kappa shape index (κ1) is 16.7. The average Bonchev–Trinajstić information content (AvgIpc) is 2.44. The third-order valence-electron chi connectivity index (χ3n) is 3.60. The molecule has 1 aliphatic rings. The second-order valence-corrected chi connectivity index (χ2v) is 7.85. The monoisotopic (exact) mass is 376 g/mol. The summed E-state index contributed by atoms with van der Waals surface area (Å²) in [7, 11) is -1.39. The zero-order valence-corrected chi connectivity index (χ0v) is 14.5. The molecule has 0 atom stereocenters. The number of nitrogen functional groups attached to an aromatic ring is 1. The zero-order chi connectivity index (χ0) is 15.5. The summed E-state index contributed by atoms with van der Waals surface area (Å²) in [5, 5.41) is 0. The summed E-state index contributed by atoms with van der Waals surface area (Å²) in [4.78, 5) is 4.76.